The molecule has 1 saturated carbocycles. The zero-order chi connectivity index (χ0) is 13.7. The van der Waals surface area contributed by atoms with Crippen LogP contribution < -0.4 is 5.32 Å². The second kappa shape index (κ2) is 6.38. The molecule has 3 nitrogen and oxygen atoms in total. The number of nitrogens with one attached hydrogen (secondary N) is 1. The molecule has 2 atom stereocenters. The van der Waals surface area contributed by atoms with Crippen molar-refractivity contribution in [1.29, 1.82) is 5.26 Å². The maximum atomic E-state index is 12.2. The minimum absolute atomic E-state index is 0.0566. The van der Waals surface area contributed by atoms with Crippen molar-refractivity contribution in [3.63, 3.8) is 0 Å². The summed E-state index contributed by atoms with van der Waals surface area (Å²) >= 11 is 0. The maximum absolute atomic E-state index is 12.2. The van der Waals surface area contributed by atoms with Crippen LogP contribution in [0.25, 0.3) is 0 Å². The molecule has 1 fully saturated rings. The van der Waals surface area contributed by atoms with Crippen molar-refractivity contribution in [3.05, 3.63) is 35.4 Å². The summed E-state index contributed by atoms with van der Waals surface area (Å²) in [4.78, 5) is 12.2. The topological polar surface area (TPSA) is 52.9 Å². The van der Waals surface area contributed by atoms with Crippen LogP contribution in [0.1, 0.15) is 54.9 Å². The zero-order valence-corrected chi connectivity index (χ0v) is 11.4. The number of nitriles is 1. The standard InChI is InChI=1S/C16H20N2O/c1-2-12-5-4-8-15(10-12)18-16(19)14-7-3-6-13(9-14)11-17/h3,6-7,9,12,15H,2,4-5,8,10H2,1H3,(H,18,19). The summed E-state index contributed by atoms with van der Waals surface area (Å²) in [7, 11) is 0. The number of nitrogens with zero attached hydrogens (tertiary/aromatic N) is 1. The highest BCUT2D eigenvalue weighted by Gasteiger charge is 2.22. The molecular formula is C16H20N2O. The Labute approximate surface area is 114 Å². The highest BCUT2D eigenvalue weighted by atomic mass is 16.1. The lowest BCUT2D eigenvalue weighted by Crippen LogP contribution is -2.38. The van der Waals surface area contributed by atoms with E-state index < -0.39 is 0 Å². The largest absolute Gasteiger partial charge is 0.349 e. The first-order valence-electron chi connectivity index (χ1n) is 7.04. The average Bonchev–Trinajstić information content (AvgIpc) is 2.47. The van der Waals surface area contributed by atoms with E-state index in [1.54, 1.807) is 24.3 Å². The first-order valence-corrected chi connectivity index (χ1v) is 7.04. The summed E-state index contributed by atoms with van der Waals surface area (Å²) in [5, 5.41) is 12.0. The Hall–Kier alpha value is -1.82. The van der Waals surface area contributed by atoms with Crippen molar-refractivity contribution in [2.45, 2.75) is 45.1 Å². The Balaban J connectivity index is 1.98. The van der Waals surface area contributed by atoms with Crippen LogP contribution in [0.15, 0.2) is 24.3 Å². The summed E-state index contributed by atoms with van der Waals surface area (Å²) in [6, 6.07) is 9.23. The van der Waals surface area contributed by atoms with E-state index in [1.807, 2.05) is 0 Å². The predicted molar refractivity (Wildman–Crippen MR) is 74.7 cm³/mol. The molecule has 19 heavy (non-hydrogen) atoms. The normalized spacial score (nSPS) is 22.5. The van der Waals surface area contributed by atoms with Crippen LogP contribution in [0.5, 0.6) is 0 Å². The van der Waals surface area contributed by atoms with Crippen molar-refractivity contribution >= 4 is 5.91 Å². The van der Waals surface area contributed by atoms with Gasteiger partial charge in [-0.1, -0.05) is 32.3 Å². The van der Waals surface area contributed by atoms with Gasteiger partial charge < -0.3 is 5.32 Å². The van der Waals surface area contributed by atoms with Gasteiger partial charge in [0.05, 0.1) is 11.6 Å². The molecule has 0 aromatic heterocycles. The molecule has 2 rings (SSSR count). The van der Waals surface area contributed by atoms with E-state index in [0.29, 0.717) is 11.1 Å². The van der Waals surface area contributed by atoms with Gasteiger partial charge in [-0.2, -0.15) is 5.26 Å². The average molecular weight is 256 g/mol. The minimum Gasteiger partial charge on any atom is -0.349 e. The van der Waals surface area contributed by atoms with Crippen LogP contribution >= 0.6 is 0 Å². The van der Waals surface area contributed by atoms with E-state index in [2.05, 4.69) is 18.3 Å². The van der Waals surface area contributed by atoms with Gasteiger partial charge in [-0.15, -0.1) is 0 Å². The van der Waals surface area contributed by atoms with Crippen LogP contribution in [0.4, 0.5) is 0 Å². The number of carbonyl (C=O) groups excluding carboxylic acids is 1. The number of hydrogen-bond acceptors (Lipinski definition) is 2. The van der Waals surface area contributed by atoms with Crippen LogP contribution in [-0.2, 0) is 0 Å². The third-order valence-corrected chi connectivity index (χ3v) is 3.95. The van der Waals surface area contributed by atoms with Crippen LogP contribution in [0, 0.1) is 17.2 Å². The Morgan fingerprint density at radius 1 is 1.47 bits per heavy atom. The molecular weight excluding hydrogens is 236 g/mol. The van der Waals surface area contributed by atoms with Gasteiger partial charge in [0, 0.05) is 11.6 Å². The van der Waals surface area contributed by atoms with Gasteiger partial charge in [0.25, 0.3) is 5.91 Å². The number of benzene rings is 1. The Morgan fingerprint density at radius 2 is 2.32 bits per heavy atom. The zero-order valence-electron chi connectivity index (χ0n) is 11.4. The van der Waals surface area contributed by atoms with Gasteiger partial charge in [0.1, 0.15) is 0 Å². The molecule has 0 spiro atoms. The second-order valence-electron chi connectivity index (χ2n) is 5.30. The monoisotopic (exact) mass is 256 g/mol. The SMILES string of the molecule is CCC1CCCC(NC(=O)c2cccc(C#N)c2)C1. The summed E-state index contributed by atoms with van der Waals surface area (Å²) < 4.78 is 0. The lowest BCUT2D eigenvalue weighted by atomic mass is 9.84. The third kappa shape index (κ3) is 3.57. The minimum atomic E-state index is -0.0566. The summed E-state index contributed by atoms with van der Waals surface area (Å²) in [5.74, 6) is 0.684. The summed E-state index contributed by atoms with van der Waals surface area (Å²) in [6.45, 7) is 2.21. The molecule has 1 aliphatic rings. The fraction of sp³-hybridized carbons (Fsp3) is 0.500. The Kier molecular flexibility index (Phi) is 4.57. The van der Waals surface area contributed by atoms with Crippen molar-refractivity contribution in [2.75, 3.05) is 0 Å². The third-order valence-electron chi connectivity index (χ3n) is 3.95. The summed E-state index contributed by atoms with van der Waals surface area (Å²) in [5.41, 5.74) is 1.11. The predicted octanol–water partition coefficient (Wildman–Crippen LogP) is 3.26. The fourth-order valence-corrected chi connectivity index (χ4v) is 2.79. The molecule has 100 valence electrons. The number of rotatable bonds is 3. The smallest absolute Gasteiger partial charge is 0.251 e. The lowest BCUT2D eigenvalue weighted by Gasteiger charge is -2.29. The molecule has 1 aromatic rings. The van der Waals surface area contributed by atoms with E-state index >= 15 is 0 Å². The molecule has 1 aromatic carbocycles. The van der Waals surface area contributed by atoms with Gasteiger partial charge in [-0.25, -0.2) is 0 Å². The maximum Gasteiger partial charge on any atom is 0.251 e. The van der Waals surface area contributed by atoms with E-state index in [1.165, 1.54) is 19.3 Å². The van der Waals surface area contributed by atoms with E-state index in [-0.39, 0.29) is 11.9 Å². The molecule has 3 heteroatoms. The van der Waals surface area contributed by atoms with Gasteiger partial charge >= 0.3 is 0 Å². The lowest BCUT2D eigenvalue weighted by molar-refractivity contribution is 0.0919. The van der Waals surface area contributed by atoms with Crippen LogP contribution in [-0.4, -0.2) is 11.9 Å². The van der Waals surface area contributed by atoms with E-state index in [0.717, 1.165) is 18.8 Å². The van der Waals surface area contributed by atoms with Crippen LogP contribution in [0.3, 0.4) is 0 Å². The Bertz CT molecular complexity index is 490. The fourth-order valence-electron chi connectivity index (χ4n) is 2.79. The first-order chi connectivity index (χ1) is 9.22. The summed E-state index contributed by atoms with van der Waals surface area (Å²) in [6.07, 6.45) is 5.82. The van der Waals surface area contributed by atoms with E-state index in [9.17, 15) is 4.79 Å². The van der Waals surface area contributed by atoms with Gasteiger partial charge in [-0.05, 0) is 37.0 Å². The highest BCUT2D eigenvalue weighted by Crippen LogP contribution is 2.26. The molecule has 2 unspecified atom stereocenters. The number of carbonyl (C=O) groups is 1. The van der Waals surface area contributed by atoms with Gasteiger partial charge in [-0.3, -0.25) is 4.79 Å². The highest BCUT2D eigenvalue weighted by molar-refractivity contribution is 5.94. The molecule has 0 aliphatic heterocycles. The second-order valence-corrected chi connectivity index (χ2v) is 5.30. The van der Waals surface area contributed by atoms with Crippen molar-refractivity contribution in [1.82, 2.24) is 5.32 Å². The molecule has 0 saturated heterocycles. The van der Waals surface area contributed by atoms with Gasteiger partial charge in [0.15, 0.2) is 0 Å². The van der Waals surface area contributed by atoms with Gasteiger partial charge in [0.2, 0.25) is 0 Å². The molecule has 1 aliphatic carbocycles. The molecule has 0 radical (unpaired) electrons. The molecule has 0 bridgehead atoms. The van der Waals surface area contributed by atoms with Crippen molar-refractivity contribution in [3.8, 4) is 6.07 Å². The van der Waals surface area contributed by atoms with E-state index in [4.69, 9.17) is 5.26 Å². The van der Waals surface area contributed by atoms with Crippen molar-refractivity contribution in [2.24, 2.45) is 5.92 Å². The van der Waals surface area contributed by atoms with Crippen LogP contribution in [0.2, 0.25) is 0 Å². The number of hydrogen-bond donors (Lipinski definition) is 1. The number of amides is 1. The van der Waals surface area contributed by atoms with Crippen molar-refractivity contribution < 1.29 is 4.79 Å². The first kappa shape index (κ1) is 13.6. The Morgan fingerprint density at radius 3 is 3.05 bits per heavy atom. The molecule has 1 N–H and O–H groups in total. The molecule has 0 heterocycles. The molecule has 1 amide bonds. The quantitative estimate of drug-likeness (QED) is 0.902.